The minimum Gasteiger partial charge on any atom is -0.370 e. The lowest BCUT2D eigenvalue weighted by Crippen LogP contribution is -2.33. The molecule has 1 aromatic heterocycles. The third-order valence-electron chi connectivity index (χ3n) is 3.58. The number of hydrogen-bond donors (Lipinski definition) is 1. The number of benzene rings is 1. The van der Waals surface area contributed by atoms with Crippen LogP contribution in [0.25, 0.3) is 10.9 Å². The Bertz CT molecular complexity index is 523. The molecule has 1 aliphatic rings. The van der Waals surface area contributed by atoms with Crippen LogP contribution in [0.1, 0.15) is 6.42 Å². The molecule has 18 heavy (non-hydrogen) atoms. The number of fused-ring (bicyclic) bond motifs is 1. The maximum Gasteiger partial charge on any atom is 0.0722 e. The molecule has 3 rings (SSSR count). The Balaban J connectivity index is 0.00000120. The summed E-state index contributed by atoms with van der Waals surface area (Å²) in [6.07, 6.45) is 3.07. The molecule has 1 fully saturated rings. The molecule has 4 heteroatoms. The highest BCUT2D eigenvalue weighted by molar-refractivity contribution is 5.85. The molecular weight excluding hydrogens is 246 g/mol. The van der Waals surface area contributed by atoms with Gasteiger partial charge in [0.25, 0.3) is 0 Å². The van der Waals surface area contributed by atoms with Crippen molar-refractivity contribution < 1.29 is 0 Å². The van der Waals surface area contributed by atoms with Crippen LogP contribution in [-0.2, 0) is 0 Å². The van der Waals surface area contributed by atoms with Gasteiger partial charge in [0.15, 0.2) is 0 Å². The Morgan fingerprint density at radius 2 is 2.22 bits per heavy atom. The fourth-order valence-electron chi connectivity index (χ4n) is 2.46. The van der Waals surface area contributed by atoms with Gasteiger partial charge in [0, 0.05) is 36.9 Å². The number of anilines is 1. The molecular formula is C14H18ClN3. The summed E-state index contributed by atoms with van der Waals surface area (Å²) in [5.41, 5.74) is 2.33. The largest absolute Gasteiger partial charge is 0.370 e. The predicted octanol–water partition coefficient (Wildman–Crippen LogP) is 2.45. The Labute approximate surface area is 114 Å². The summed E-state index contributed by atoms with van der Waals surface area (Å²) in [6, 6.07) is 11.2. The summed E-state index contributed by atoms with van der Waals surface area (Å²) < 4.78 is 0. The molecule has 1 saturated heterocycles. The average Bonchev–Trinajstić information content (AvgIpc) is 2.91. The summed E-state index contributed by atoms with van der Waals surface area (Å²) in [5.74, 6) is 0. The summed E-state index contributed by atoms with van der Waals surface area (Å²) in [5, 5.41) is 4.61. The Hall–Kier alpha value is -1.32. The summed E-state index contributed by atoms with van der Waals surface area (Å²) >= 11 is 0. The molecule has 0 aliphatic carbocycles. The van der Waals surface area contributed by atoms with Crippen molar-refractivity contribution in [2.75, 3.05) is 25.0 Å². The van der Waals surface area contributed by atoms with E-state index < -0.39 is 0 Å². The Kier molecular flexibility index (Phi) is 4.04. The topological polar surface area (TPSA) is 28.2 Å². The van der Waals surface area contributed by atoms with E-state index in [1.165, 1.54) is 17.5 Å². The van der Waals surface area contributed by atoms with Gasteiger partial charge in [-0.05, 0) is 31.2 Å². The Morgan fingerprint density at radius 1 is 1.33 bits per heavy atom. The summed E-state index contributed by atoms with van der Waals surface area (Å²) in [7, 11) is 2.17. The van der Waals surface area contributed by atoms with Crippen molar-refractivity contribution in [1.29, 1.82) is 0 Å². The Morgan fingerprint density at radius 3 is 3.00 bits per heavy atom. The molecule has 3 nitrogen and oxygen atoms in total. The van der Waals surface area contributed by atoms with Crippen molar-refractivity contribution in [3.05, 3.63) is 36.5 Å². The van der Waals surface area contributed by atoms with Crippen molar-refractivity contribution in [2.24, 2.45) is 0 Å². The first kappa shape index (κ1) is 13.1. The standard InChI is InChI=1S/C14H17N3.ClH/c1-17(13-6-8-15-10-13)12-5-4-11-3-2-7-16-14(11)9-12;/h2-5,7,9,13,15H,6,8,10H2,1H3;1H. The zero-order valence-electron chi connectivity index (χ0n) is 10.5. The molecule has 96 valence electrons. The maximum atomic E-state index is 4.41. The molecule has 0 bridgehead atoms. The van der Waals surface area contributed by atoms with Gasteiger partial charge in [0.1, 0.15) is 0 Å². The van der Waals surface area contributed by atoms with E-state index in [-0.39, 0.29) is 12.4 Å². The number of halogens is 1. The van der Waals surface area contributed by atoms with Crippen molar-refractivity contribution in [3.8, 4) is 0 Å². The molecule has 2 aromatic rings. The van der Waals surface area contributed by atoms with E-state index in [2.05, 4.69) is 46.5 Å². The third-order valence-corrected chi connectivity index (χ3v) is 3.58. The van der Waals surface area contributed by atoms with E-state index in [4.69, 9.17) is 0 Å². The molecule has 1 atom stereocenters. The number of likely N-dealkylation sites (N-methyl/N-ethyl adjacent to an activating group) is 1. The van der Waals surface area contributed by atoms with Crippen molar-refractivity contribution in [1.82, 2.24) is 10.3 Å². The fourth-order valence-corrected chi connectivity index (χ4v) is 2.46. The number of nitrogens with zero attached hydrogens (tertiary/aromatic N) is 2. The van der Waals surface area contributed by atoms with Crippen molar-refractivity contribution in [2.45, 2.75) is 12.5 Å². The average molecular weight is 264 g/mol. The molecule has 1 aliphatic heterocycles. The second kappa shape index (κ2) is 5.55. The van der Waals surface area contributed by atoms with Crippen LogP contribution < -0.4 is 10.2 Å². The minimum absolute atomic E-state index is 0. The van der Waals surface area contributed by atoms with Gasteiger partial charge in [-0.1, -0.05) is 12.1 Å². The van der Waals surface area contributed by atoms with E-state index in [1.54, 1.807) is 0 Å². The monoisotopic (exact) mass is 263 g/mol. The predicted molar refractivity (Wildman–Crippen MR) is 78.7 cm³/mol. The van der Waals surface area contributed by atoms with Gasteiger partial charge in [-0.2, -0.15) is 0 Å². The highest BCUT2D eigenvalue weighted by Crippen LogP contribution is 2.22. The molecule has 1 aromatic carbocycles. The van der Waals surface area contributed by atoms with Gasteiger partial charge in [0.05, 0.1) is 5.52 Å². The first-order chi connectivity index (χ1) is 8.34. The zero-order chi connectivity index (χ0) is 11.7. The lowest BCUT2D eigenvalue weighted by Gasteiger charge is -2.26. The second-order valence-corrected chi connectivity index (χ2v) is 4.64. The lowest BCUT2D eigenvalue weighted by atomic mass is 10.1. The van der Waals surface area contributed by atoms with Gasteiger partial charge in [-0.25, -0.2) is 0 Å². The van der Waals surface area contributed by atoms with E-state index in [0.29, 0.717) is 6.04 Å². The van der Waals surface area contributed by atoms with Crippen LogP contribution in [0.15, 0.2) is 36.5 Å². The highest BCUT2D eigenvalue weighted by atomic mass is 35.5. The van der Waals surface area contributed by atoms with Crippen LogP contribution >= 0.6 is 12.4 Å². The normalized spacial score (nSPS) is 18.6. The van der Waals surface area contributed by atoms with E-state index >= 15 is 0 Å². The quantitative estimate of drug-likeness (QED) is 0.902. The number of nitrogens with one attached hydrogen (secondary N) is 1. The first-order valence-corrected chi connectivity index (χ1v) is 6.13. The van der Waals surface area contributed by atoms with Crippen molar-refractivity contribution in [3.63, 3.8) is 0 Å². The molecule has 0 amide bonds. The van der Waals surface area contributed by atoms with Crippen LogP contribution in [0.4, 0.5) is 5.69 Å². The summed E-state index contributed by atoms with van der Waals surface area (Å²) in [4.78, 5) is 6.76. The van der Waals surface area contributed by atoms with Crippen LogP contribution in [-0.4, -0.2) is 31.2 Å². The smallest absolute Gasteiger partial charge is 0.0722 e. The first-order valence-electron chi connectivity index (χ1n) is 6.13. The molecule has 1 unspecified atom stereocenters. The number of pyridine rings is 1. The number of rotatable bonds is 2. The van der Waals surface area contributed by atoms with E-state index in [0.717, 1.165) is 18.6 Å². The van der Waals surface area contributed by atoms with Crippen LogP contribution in [0.2, 0.25) is 0 Å². The van der Waals surface area contributed by atoms with Gasteiger partial charge in [0.2, 0.25) is 0 Å². The van der Waals surface area contributed by atoms with Crippen LogP contribution in [0, 0.1) is 0 Å². The number of aromatic nitrogens is 1. The lowest BCUT2D eigenvalue weighted by molar-refractivity contribution is 0.686. The third kappa shape index (κ3) is 2.42. The SMILES string of the molecule is CN(c1ccc2cccnc2c1)C1CCNC1.Cl. The van der Waals surface area contributed by atoms with E-state index in [1.807, 2.05) is 12.3 Å². The minimum atomic E-state index is 0. The van der Waals surface area contributed by atoms with Gasteiger partial charge in [-0.15, -0.1) is 12.4 Å². The number of hydrogen-bond acceptors (Lipinski definition) is 3. The molecule has 1 N–H and O–H groups in total. The van der Waals surface area contributed by atoms with Gasteiger partial charge < -0.3 is 10.2 Å². The highest BCUT2D eigenvalue weighted by Gasteiger charge is 2.19. The van der Waals surface area contributed by atoms with E-state index in [9.17, 15) is 0 Å². The van der Waals surface area contributed by atoms with Gasteiger partial charge >= 0.3 is 0 Å². The fraction of sp³-hybridized carbons (Fsp3) is 0.357. The molecule has 0 radical (unpaired) electrons. The van der Waals surface area contributed by atoms with Crippen molar-refractivity contribution >= 4 is 29.0 Å². The maximum absolute atomic E-state index is 4.41. The molecule has 0 saturated carbocycles. The van der Waals surface area contributed by atoms with Crippen LogP contribution in [0.3, 0.4) is 0 Å². The molecule has 2 heterocycles. The molecule has 0 spiro atoms. The van der Waals surface area contributed by atoms with Gasteiger partial charge in [-0.3, -0.25) is 4.98 Å². The zero-order valence-corrected chi connectivity index (χ0v) is 11.3. The summed E-state index contributed by atoms with van der Waals surface area (Å²) in [6.45, 7) is 2.21. The second-order valence-electron chi connectivity index (χ2n) is 4.64. The van der Waals surface area contributed by atoms with Crippen LogP contribution in [0.5, 0.6) is 0 Å².